The van der Waals surface area contributed by atoms with Crippen LogP contribution in [0.3, 0.4) is 0 Å². The summed E-state index contributed by atoms with van der Waals surface area (Å²) in [5.74, 6) is 0.677. The largest absolute Gasteiger partial charge is 0.319 e. The summed E-state index contributed by atoms with van der Waals surface area (Å²) in [5, 5.41) is 3.96. The Bertz CT molecular complexity index is 552. The predicted octanol–water partition coefficient (Wildman–Crippen LogP) is 2.32. The fourth-order valence-electron chi connectivity index (χ4n) is 2.62. The van der Waals surface area contributed by atoms with Crippen molar-refractivity contribution in [2.45, 2.75) is 38.5 Å². The molecule has 1 fully saturated rings. The fraction of sp³-hybridized carbons (Fsp3) is 0.533. The van der Waals surface area contributed by atoms with E-state index in [-0.39, 0.29) is 24.2 Å². The first-order valence-electron chi connectivity index (χ1n) is 7.04. The summed E-state index contributed by atoms with van der Waals surface area (Å²) in [5.41, 5.74) is 0.977. The van der Waals surface area contributed by atoms with Crippen molar-refractivity contribution < 1.29 is 9.00 Å². The van der Waals surface area contributed by atoms with E-state index >= 15 is 0 Å². The van der Waals surface area contributed by atoms with Gasteiger partial charge < -0.3 is 4.90 Å². The van der Waals surface area contributed by atoms with Crippen LogP contribution in [-0.4, -0.2) is 39.1 Å². The molecule has 1 aromatic rings. The third-order valence-corrected chi connectivity index (χ3v) is 4.82. The molecule has 1 amide bonds. The molecule has 4 unspecified atom stereocenters. The van der Waals surface area contributed by atoms with E-state index in [0.717, 1.165) is 12.0 Å². The Morgan fingerprint density at radius 2 is 2.19 bits per heavy atom. The van der Waals surface area contributed by atoms with Crippen molar-refractivity contribution in [3.63, 3.8) is 0 Å². The Morgan fingerprint density at radius 3 is 2.81 bits per heavy atom. The second-order valence-corrected chi connectivity index (χ2v) is 7.50. The van der Waals surface area contributed by atoms with Crippen LogP contribution in [0.5, 0.6) is 0 Å². The van der Waals surface area contributed by atoms with Gasteiger partial charge in [0.15, 0.2) is 0 Å². The molecule has 4 nitrogen and oxygen atoms in total. The third-order valence-electron chi connectivity index (χ3n) is 3.77. The molecule has 21 heavy (non-hydrogen) atoms. The number of rotatable bonds is 5. The van der Waals surface area contributed by atoms with Crippen LogP contribution < -0.4 is 5.32 Å². The molecule has 0 bridgehead atoms. The molecule has 0 spiro atoms. The molecule has 1 heterocycles. The molecular weight excluding hydrogens is 308 g/mol. The molecule has 6 heteroatoms. The molecule has 1 aliphatic heterocycles. The van der Waals surface area contributed by atoms with E-state index in [1.54, 1.807) is 6.26 Å². The molecule has 2 rings (SSSR count). The summed E-state index contributed by atoms with van der Waals surface area (Å²) in [6, 6.07) is 7.36. The number of nitrogens with one attached hydrogen (secondary N) is 1. The highest BCUT2D eigenvalue weighted by Crippen LogP contribution is 2.29. The average molecular weight is 329 g/mol. The minimum Gasteiger partial charge on any atom is -0.319 e. The van der Waals surface area contributed by atoms with Gasteiger partial charge in [-0.2, -0.15) is 0 Å². The molecular formula is C15H21ClN2O2S. The van der Waals surface area contributed by atoms with E-state index in [9.17, 15) is 9.00 Å². The highest BCUT2D eigenvalue weighted by atomic mass is 35.5. The summed E-state index contributed by atoms with van der Waals surface area (Å²) >= 11 is 6.05. The van der Waals surface area contributed by atoms with E-state index in [4.69, 9.17) is 11.6 Å². The van der Waals surface area contributed by atoms with E-state index in [1.807, 2.05) is 43.0 Å². The van der Waals surface area contributed by atoms with Gasteiger partial charge in [0.05, 0.1) is 6.04 Å². The van der Waals surface area contributed by atoms with Gasteiger partial charge in [-0.25, -0.2) is 0 Å². The summed E-state index contributed by atoms with van der Waals surface area (Å²) in [6.07, 6.45) is 2.24. The normalized spacial score (nSPS) is 25.1. The molecule has 0 saturated carbocycles. The second-order valence-electron chi connectivity index (χ2n) is 5.51. The number of halogens is 1. The second kappa shape index (κ2) is 6.90. The zero-order chi connectivity index (χ0) is 15.6. The van der Waals surface area contributed by atoms with Gasteiger partial charge in [-0.1, -0.05) is 23.7 Å². The SMILES string of the molecule is CC1NC(c2cccc(Cl)c2)N(C(C)CCS(C)=O)C1=O. The van der Waals surface area contributed by atoms with E-state index in [1.165, 1.54) is 0 Å². The minimum absolute atomic E-state index is 0.0304. The monoisotopic (exact) mass is 328 g/mol. The maximum Gasteiger partial charge on any atom is 0.241 e. The molecule has 4 atom stereocenters. The molecule has 1 aliphatic rings. The third kappa shape index (κ3) is 3.84. The van der Waals surface area contributed by atoms with Crippen LogP contribution in [0.2, 0.25) is 5.02 Å². The van der Waals surface area contributed by atoms with Crippen LogP contribution in [0.25, 0.3) is 0 Å². The number of carbonyl (C=O) groups excluding carboxylic acids is 1. The Morgan fingerprint density at radius 1 is 1.48 bits per heavy atom. The Hall–Kier alpha value is -0.910. The molecule has 1 aromatic carbocycles. The van der Waals surface area contributed by atoms with E-state index < -0.39 is 10.8 Å². The van der Waals surface area contributed by atoms with Crippen molar-refractivity contribution >= 4 is 28.3 Å². The molecule has 1 N–H and O–H groups in total. The van der Waals surface area contributed by atoms with Crippen LogP contribution in [0.15, 0.2) is 24.3 Å². The molecule has 0 radical (unpaired) electrons. The molecule has 0 aromatic heterocycles. The van der Waals surface area contributed by atoms with Crippen molar-refractivity contribution in [1.29, 1.82) is 0 Å². The molecule has 116 valence electrons. The summed E-state index contributed by atoms with van der Waals surface area (Å²) in [7, 11) is -0.845. The Kier molecular flexibility index (Phi) is 5.41. The summed E-state index contributed by atoms with van der Waals surface area (Å²) in [6.45, 7) is 3.87. The Labute approximate surface area is 133 Å². The maximum absolute atomic E-state index is 12.4. The van der Waals surface area contributed by atoms with Crippen LogP contribution in [-0.2, 0) is 15.6 Å². The Balaban J connectivity index is 2.22. The number of benzene rings is 1. The maximum atomic E-state index is 12.4. The lowest BCUT2D eigenvalue weighted by atomic mass is 10.1. The zero-order valence-corrected chi connectivity index (χ0v) is 14.1. The number of hydrogen-bond acceptors (Lipinski definition) is 3. The van der Waals surface area contributed by atoms with Crippen LogP contribution in [0.4, 0.5) is 0 Å². The lowest BCUT2D eigenvalue weighted by Gasteiger charge is -2.30. The van der Waals surface area contributed by atoms with Gasteiger partial charge in [-0.05, 0) is 38.0 Å². The highest BCUT2D eigenvalue weighted by molar-refractivity contribution is 7.84. The van der Waals surface area contributed by atoms with Crippen molar-refractivity contribution in [2.75, 3.05) is 12.0 Å². The van der Waals surface area contributed by atoms with Crippen LogP contribution >= 0.6 is 11.6 Å². The lowest BCUT2D eigenvalue weighted by molar-refractivity contribution is -0.131. The topological polar surface area (TPSA) is 49.4 Å². The molecule has 0 aliphatic carbocycles. The van der Waals surface area contributed by atoms with Gasteiger partial charge in [0.2, 0.25) is 5.91 Å². The van der Waals surface area contributed by atoms with Gasteiger partial charge >= 0.3 is 0 Å². The van der Waals surface area contributed by atoms with Gasteiger partial charge in [0, 0.05) is 33.9 Å². The smallest absolute Gasteiger partial charge is 0.241 e. The zero-order valence-electron chi connectivity index (χ0n) is 12.5. The van der Waals surface area contributed by atoms with Crippen molar-refractivity contribution in [2.24, 2.45) is 0 Å². The average Bonchev–Trinajstić information content (AvgIpc) is 2.72. The van der Waals surface area contributed by atoms with Crippen molar-refractivity contribution in [1.82, 2.24) is 10.2 Å². The van der Waals surface area contributed by atoms with Crippen molar-refractivity contribution in [3.05, 3.63) is 34.9 Å². The first-order valence-corrected chi connectivity index (χ1v) is 9.14. The number of amides is 1. The standard InChI is InChI=1S/C15H21ClN2O2S/c1-10(7-8-21(3)20)18-14(17-11(2)15(18)19)12-5-4-6-13(16)9-12/h4-6,9-11,14,17H,7-8H2,1-3H3. The number of carbonyl (C=O) groups is 1. The van der Waals surface area contributed by atoms with Crippen LogP contribution in [0.1, 0.15) is 32.0 Å². The fourth-order valence-corrected chi connectivity index (χ4v) is 3.49. The van der Waals surface area contributed by atoms with Gasteiger partial charge in [-0.3, -0.25) is 14.3 Å². The minimum atomic E-state index is -0.845. The number of nitrogens with zero attached hydrogens (tertiary/aromatic N) is 1. The van der Waals surface area contributed by atoms with Crippen LogP contribution in [0, 0.1) is 0 Å². The quantitative estimate of drug-likeness (QED) is 0.902. The van der Waals surface area contributed by atoms with Gasteiger partial charge in [-0.15, -0.1) is 0 Å². The predicted molar refractivity (Wildman–Crippen MR) is 86.6 cm³/mol. The summed E-state index contributed by atoms with van der Waals surface area (Å²) < 4.78 is 11.3. The molecule has 1 saturated heterocycles. The van der Waals surface area contributed by atoms with E-state index in [2.05, 4.69) is 5.32 Å². The summed E-state index contributed by atoms with van der Waals surface area (Å²) in [4.78, 5) is 14.3. The number of hydrogen-bond donors (Lipinski definition) is 1. The van der Waals surface area contributed by atoms with E-state index in [0.29, 0.717) is 10.8 Å². The van der Waals surface area contributed by atoms with Gasteiger partial charge in [0.25, 0.3) is 0 Å². The first kappa shape index (κ1) is 16.5. The lowest BCUT2D eigenvalue weighted by Crippen LogP contribution is -2.39. The highest BCUT2D eigenvalue weighted by Gasteiger charge is 2.39. The van der Waals surface area contributed by atoms with Crippen molar-refractivity contribution in [3.8, 4) is 0 Å². The van der Waals surface area contributed by atoms with Gasteiger partial charge in [0.1, 0.15) is 6.17 Å². The first-order chi connectivity index (χ1) is 9.90.